The molecule has 0 aliphatic heterocycles. The van der Waals surface area contributed by atoms with Crippen molar-refractivity contribution < 1.29 is 22.3 Å². The molecule has 1 aliphatic carbocycles. The predicted octanol–water partition coefficient (Wildman–Crippen LogP) is 9.08. The molecular weight excluding hydrogens is 440 g/mol. The molecule has 0 atom stereocenters. The van der Waals surface area contributed by atoms with E-state index in [0.717, 1.165) is 61.6 Å². The van der Waals surface area contributed by atoms with Crippen LogP contribution in [0.25, 0.3) is 0 Å². The Kier molecular flexibility index (Phi) is 9.99. The molecule has 2 aromatic carbocycles. The summed E-state index contributed by atoms with van der Waals surface area (Å²) in [5.41, 5.74) is 1.22. The third kappa shape index (κ3) is 7.31. The molecule has 0 bridgehead atoms. The van der Waals surface area contributed by atoms with Gasteiger partial charge in [-0.3, -0.25) is 0 Å². The number of rotatable bonds is 12. The van der Waals surface area contributed by atoms with Crippen molar-refractivity contribution in [1.29, 1.82) is 0 Å². The largest absolute Gasteiger partial charge is 0.386 e. The zero-order chi connectivity index (χ0) is 24.6. The van der Waals surface area contributed by atoms with Crippen molar-refractivity contribution in [3.8, 4) is 0 Å². The van der Waals surface area contributed by atoms with Gasteiger partial charge in [-0.2, -0.15) is 8.78 Å². The lowest BCUT2D eigenvalue weighted by Gasteiger charge is -2.29. The van der Waals surface area contributed by atoms with Crippen LogP contribution >= 0.6 is 0 Å². The Hall–Kier alpha value is -1.88. The molecule has 5 heteroatoms. The van der Waals surface area contributed by atoms with E-state index >= 15 is 0 Å². The number of benzene rings is 2. The fraction of sp³-hybridized carbons (Fsp3) is 0.586. The maximum atomic E-state index is 14.7. The van der Waals surface area contributed by atoms with Crippen molar-refractivity contribution in [1.82, 2.24) is 0 Å². The molecule has 1 aliphatic rings. The molecule has 1 nitrogen and oxygen atoms in total. The van der Waals surface area contributed by atoms with Crippen LogP contribution in [-0.2, 0) is 23.7 Å². The summed E-state index contributed by atoms with van der Waals surface area (Å²) in [6.45, 7) is 3.81. The van der Waals surface area contributed by atoms with E-state index in [0.29, 0.717) is 5.56 Å². The lowest BCUT2D eigenvalue weighted by atomic mass is 9.77. The number of halogens is 4. The third-order valence-corrected chi connectivity index (χ3v) is 7.15. The van der Waals surface area contributed by atoms with Gasteiger partial charge in [0.05, 0.1) is 12.2 Å². The number of hydrogen-bond acceptors (Lipinski definition) is 1. The maximum Gasteiger partial charge on any atom is 0.386 e. The average molecular weight is 479 g/mol. The van der Waals surface area contributed by atoms with Crippen molar-refractivity contribution in [2.24, 2.45) is 5.92 Å². The first-order valence-electron chi connectivity index (χ1n) is 12.9. The molecule has 0 unspecified atom stereocenters. The number of unbranched alkanes of at least 4 members (excludes halogenated alkanes) is 2. The van der Waals surface area contributed by atoms with Crippen LogP contribution in [0, 0.1) is 17.6 Å². The Morgan fingerprint density at radius 1 is 0.853 bits per heavy atom. The Morgan fingerprint density at radius 2 is 1.62 bits per heavy atom. The molecule has 188 valence electrons. The summed E-state index contributed by atoms with van der Waals surface area (Å²) in [7, 11) is 0. The Balaban J connectivity index is 1.54. The standard InChI is InChI=1S/C29H38F4O/c1-3-5-6-8-21-9-12-23(13-10-21)25-15-16-26(28(31)20-25)29(32,33)34-18-17-24-14-11-22(7-4-2)19-27(24)30/h11,14-16,19-21,23H,3-10,12-13,17-18H2,1-2H3. The van der Waals surface area contributed by atoms with E-state index in [1.54, 1.807) is 18.2 Å². The number of hydrogen-bond donors (Lipinski definition) is 0. The molecule has 0 saturated heterocycles. The predicted molar refractivity (Wildman–Crippen MR) is 129 cm³/mol. The SMILES string of the molecule is CCCCCC1CCC(c2ccc(C(F)(F)OCCc3ccc(CCC)cc3F)c(F)c2)CC1. The van der Waals surface area contributed by atoms with Gasteiger partial charge in [-0.05, 0) is 85.3 Å². The van der Waals surface area contributed by atoms with Crippen LogP contribution in [0.3, 0.4) is 0 Å². The van der Waals surface area contributed by atoms with E-state index in [-0.39, 0.29) is 12.3 Å². The van der Waals surface area contributed by atoms with E-state index in [1.165, 1.54) is 37.8 Å². The fourth-order valence-electron chi connectivity index (χ4n) is 5.09. The average Bonchev–Trinajstić information content (AvgIpc) is 2.81. The van der Waals surface area contributed by atoms with E-state index in [4.69, 9.17) is 4.74 Å². The van der Waals surface area contributed by atoms with Gasteiger partial charge in [-0.1, -0.05) is 64.2 Å². The van der Waals surface area contributed by atoms with Gasteiger partial charge in [0, 0.05) is 0 Å². The second-order valence-corrected chi connectivity index (χ2v) is 9.74. The Bertz CT molecular complexity index is 903. The van der Waals surface area contributed by atoms with Crippen LogP contribution in [0.1, 0.15) is 99.8 Å². The summed E-state index contributed by atoms with van der Waals surface area (Å²) < 4.78 is 62.8. The van der Waals surface area contributed by atoms with Gasteiger partial charge in [0.15, 0.2) is 0 Å². The molecule has 3 rings (SSSR count). The lowest BCUT2D eigenvalue weighted by molar-refractivity contribution is -0.249. The minimum Gasteiger partial charge on any atom is -0.316 e. The van der Waals surface area contributed by atoms with Crippen LogP contribution in [0.5, 0.6) is 0 Å². The molecular formula is C29H38F4O. The molecule has 0 amide bonds. The molecule has 0 heterocycles. The normalized spacial score (nSPS) is 18.9. The molecule has 0 N–H and O–H groups in total. The highest BCUT2D eigenvalue weighted by Gasteiger charge is 2.36. The van der Waals surface area contributed by atoms with Crippen LogP contribution in [0.4, 0.5) is 17.6 Å². The Morgan fingerprint density at radius 3 is 2.26 bits per heavy atom. The van der Waals surface area contributed by atoms with Crippen molar-refractivity contribution >= 4 is 0 Å². The highest BCUT2D eigenvalue weighted by Crippen LogP contribution is 2.39. The second-order valence-electron chi connectivity index (χ2n) is 9.74. The summed E-state index contributed by atoms with van der Waals surface area (Å²) in [5, 5.41) is 0. The van der Waals surface area contributed by atoms with Gasteiger partial charge < -0.3 is 4.74 Å². The van der Waals surface area contributed by atoms with Gasteiger partial charge in [-0.15, -0.1) is 0 Å². The first kappa shape index (κ1) is 26.7. The minimum atomic E-state index is -3.77. The molecule has 1 saturated carbocycles. The van der Waals surface area contributed by atoms with Crippen LogP contribution in [0.2, 0.25) is 0 Å². The first-order valence-corrected chi connectivity index (χ1v) is 12.9. The minimum absolute atomic E-state index is 0.00493. The van der Waals surface area contributed by atoms with E-state index in [2.05, 4.69) is 6.92 Å². The van der Waals surface area contributed by atoms with Crippen LogP contribution < -0.4 is 0 Å². The molecule has 0 radical (unpaired) electrons. The fourth-order valence-corrected chi connectivity index (χ4v) is 5.09. The second kappa shape index (κ2) is 12.7. The van der Waals surface area contributed by atoms with Gasteiger partial charge in [0.1, 0.15) is 11.6 Å². The summed E-state index contributed by atoms with van der Waals surface area (Å²) >= 11 is 0. The molecule has 2 aromatic rings. The number of ether oxygens (including phenoxy) is 1. The molecule has 0 aromatic heterocycles. The summed E-state index contributed by atoms with van der Waals surface area (Å²) in [6, 6.07) is 8.86. The third-order valence-electron chi connectivity index (χ3n) is 7.15. The van der Waals surface area contributed by atoms with Crippen LogP contribution in [0.15, 0.2) is 36.4 Å². The van der Waals surface area contributed by atoms with Gasteiger partial charge in [0.25, 0.3) is 0 Å². The highest BCUT2D eigenvalue weighted by atomic mass is 19.3. The number of alkyl halides is 2. The summed E-state index contributed by atoms with van der Waals surface area (Å²) in [5.74, 6) is -0.410. The topological polar surface area (TPSA) is 9.23 Å². The smallest absolute Gasteiger partial charge is 0.316 e. The van der Waals surface area contributed by atoms with E-state index < -0.39 is 29.9 Å². The van der Waals surface area contributed by atoms with Gasteiger partial charge in [-0.25, -0.2) is 8.78 Å². The van der Waals surface area contributed by atoms with Crippen molar-refractivity contribution in [3.05, 3.63) is 70.3 Å². The molecule has 0 spiro atoms. The van der Waals surface area contributed by atoms with E-state index in [1.807, 2.05) is 6.92 Å². The zero-order valence-corrected chi connectivity index (χ0v) is 20.5. The quantitative estimate of drug-likeness (QED) is 0.218. The number of aryl methyl sites for hydroxylation is 1. The van der Waals surface area contributed by atoms with Crippen molar-refractivity contribution in [3.63, 3.8) is 0 Å². The van der Waals surface area contributed by atoms with E-state index in [9.17, 15) is 17.6 Å². The molecule has 1 fully saturated rings. The monoisotopic (exact) mass is 478 g/mol. The maximum absolute atomic E-state index is 14.7. The first-order chi connectivity index (χ1) is 16.3. The lowest BCUT2D eigenvalue weighted by Crippen LogP contribution is -2.22. The summed E-state index contributed by atoms with van der Waals surface area (Å²) in [4.78, 5) is 0. The molecule has 34 heavy (non-hydrogen) atoms. The van der Waals surface area contributed by atoms with Gasteiger partial charge in [0.2, 0.25) is 0 Å². The van der Waals surface area contributed by atoms with Gasteiger partial charge >= 0.3 is 6.11 Å². The highest BCUT2D eigenvalue weighted by molar-refractivity contribution is 5.29. The van der Waals surface area contributed by atoms with Crippen LogP contribution in [-0.4, -0.2) is 6.61 Å². The van der Waals surface area contributed by atoms with Crippen molar-refractivity contribution in [2.75, 3.05) is 6.61 Å². The Labute approximate surface area is 201 Å². The zero-order valence-electron chi connectivity index (χ0n) is 20.5. The summed E-state index contributed by atoms with van der Waals surface area (Å²) in [6.07, 6.45) is 7.09. The van der Waals surface area contributed by atoms with Crippen molar-refractivity contribution in [2.45, 2.75) is 96.5 Å².